The number of nitrogen functional groups attached to an aromatic ring is 1. The van der Waals surface area contributed by atoms with Crippen molar-refractivity contribution in [2.45, 2.75) is 19.9 Å². The number of nitrogens with zero attached hydrogens (tertiary/aromatic N) is 2. The van der Waals surface area contributed by atoms with E-state index in [0.717, 1.165) is 11.0 Å². The molecule has 1 unspecified atom stereocenters. The van der Waals surface area contributed by atoms with Crippen LogP contribution in [0.1, 0.15) is 19.9 Å². The number of aromatic nitrogens is 2. The van der Waals surface area contributed by atoms with Gasteiger partial charge >= 0.3 is 0 Å². The van der Waals surface area contributed by atoms with Gasteiger partial charge in [-0.15, -0.1) is 0 Å². The van der Waals surface area contributed by atoms with Crippen LogP contribution in [0.5, 0.6) is 0 Å². The van der Waals surface area contributed by atoms with E-state index in [9.17, 15) is 0 Å². The molecule has 4 nitrogen and oxygen atoms in total. The minimum Gasteiger partial charge on any atom is -0.380 e. The number of nitrogens with two attached hydrogens (primary N) is 1. The van der Waals surface area contributed by atoms with E-state index < -0.39 is 0 Å². The van der Waals surface area contributed by atoms with Gasteiger partial charge in [-0.25, -0.2) is 4.98 Å². The first kappa shape index (κ1) is 12.2. The molecule has 1 heterocycles. The summed E-state index contributed by atoms with van der Waals surface area (Å²) in [6.07, 6.45) is 0. The predicted octanol–water partition coefficient (Wildman–Crippen LogP) is 2.87. The molecular formula is C12H16ClN3O. The van der Waals surface area contributed by atoms with Crippen molar-refractivity contribution in [1.82, 2.24) is 9.55 Å². The number of benzene rings is 1. The van der Waals surface area contributed by atoms with Crippen LogP contribution in [0.25, 0.3) is 11.0 Å². The largest absolute Gasteiger partial charge is 0.380 e. The lowest BCUT2D eigenvalue weighted by atomic mass is 10.3. The molecule has 0 spiro atoms. The Morgan fingerprint density at radius 2 is 2.29 bits per heavy atom. The number of rotatable bonds is 4. The highest BCUT2D eigenvalue weighted by molar-refractivity contribution is 6.35. The van der Waals surface area contributed by atoms with Crippen LogP contribution in [0.3, 0.4) is 0 Å². The van der Waals surface area contributed by atoms with Gasteiger partial charge < -0.3 is 15.0 Å². The normalized spacial score (nSPS) is 13.1. The first-order valence-electron chi connectivity index (χ1n) is 5.64. The number of imidazole rings is 1. The summed E-state index contributed by atoms with van der Waals surface area (Å²) in [5.41, 5.74) is 7.62. The Bertz CT molecular complexity index is 524. The first-order chi connectivity index (χ1) is 8.15. The van der Waals surface area contributed by atoms with Gasteiger partial charge in [-0.05, 0) is 26.0 Å². The van der Waals surface area contributed by atoms with Crippen molar-refractivity contribution in [3.8, 4) is 0 Å². The zero-order chi connectivity index (χ0) is 12.4. The number of para-hydroxylation sites is 1. The molecule has 0 amide bonds. The lowest BCUT2D eigenvalue weighted by Crippen LogP contribution is -2.14. The molecule has 92 valence electrons. The predicted molar refractivity (Wildman–Crippen MR) is 70.4 cm³/mol. The topological polar surface area (TPSA) is 53.1 Å². The molecule has 0 aliphatic heterocycles. The van der Waals surface area contributed by atoms with E-state index in [-0.39, 0.29) is 6.04 Å². The molecule has 0 aliphatic carbocycles. The Hall–Kier alpha value is -1.26. The fraction of sp³-hybridized carbons (Fsp3) is 0.417. The van der Waals surface area contributed by atoms with Gasteiger partial charge in [0, 0.05) is 6.61 Å². The molecule has 0 bridgehead atoms. The monoisotopic (exact) mass is 253 g/mol. The van der Waals surface area contributed by atoms with Crippen molar-refractivity contribution < 1.29 is 4.74 Å². The second-order valence-corrected chi connectivity index (χ2v) is 4.36. The molecule has 5 heteroatoms. The standard InChI is InChI=1S/C12H16ClN3O/c1-3-17-7-8(2)16-10-6-4-5-9(13)11(10)15-12(16)14/h4-6,8H,3,7H2,1-2H3,(H2,14,15). The molecule has 1 aromatic carbocycles. The van der Waals surface area contributed by atoms with Crippen LogP contribution < -0.4 is 5.73 Å². The summed E-state index contributed by atoms with van der Waals surface area (Å²) in [7, 11) is 0. The Labute approximate surface area is 105 Å². The lowest BCUT2D eigenvalue weighted by molar-refractivity contribution is 0.120. The third kappa shape index (κ3) is 2.23. The van der Waals surface area contributed by atoms with Crippen molar-refractivity contribution in [2.24, 2.45) is 0 Å². The van der Waals surface area contributed by atoms with Crippen LogP contribution in [-0.2, 0) is 4.74 Å². The minimum absolute atomic E-state index is 0.137. The molecule has 2 aromatic rings. The third-order valence-electron chi connectivity index (χ3n) is 2.70. The van der Waals surface area contributed by atoms with Crippen LogP contribution >= 0.6 is 11.6 Å². The molecule has 1 atom stereocenters. The summed E-state index contributed by atoms with van der Waals surface area (Å²) in [6, 6.07) is 5.81. The molecule has 0 fully saturated rings. The van der Waals surface area contributed by atoms with Crippen molar-refractivity contribution in [3.05, 3.63) is 23.2 Å². The van der Waals surface area contributed by atoms with Crippen LogP contribution in [-0.4, -0.2) is 22.8 Å². The summed E-state index contributed by atoms with van der Waals surface area (Å²) in [5.74, 6) is 0.473. The van der Waals surface area contributed by atoms with E-state index in [0.29, 0.717) is 24.2 Å². The number of hydrogen-bond donors (Lipinski definition) is 1. The van der Waals surface area contributed by atoms with Gasteiger partial charge in [0.1, 0.15) is 5.52 Å². The highest BCUT2D eigenvalue weighted by Crippen LogP contribution is 2.27. The van der Waals surface area contributed by atoms with Crippen LogP contribution in [0, 0.1) is 0 Å². The van der Waals surface area contributed by atoms with Crippen LogP contribution in [0.15, 0.2) is 18.2 Å². The fourth-order valence-corrected chi connectivity index (χ4v) is 2.14. The van der Waals surface area contributed by atoms with E-state index in [1.54, 1.807) is 0 Å². The summed E-state index contributed by atoms with van der Waals surface area (Å²) in [5, 5.41) is 0.622. The van der Waals surface area contributed by atoms with Gasteiger partial charge in [-0.2, -0.15) is 0 Å². The molecule has 0 radical (unpaired) electrons. The first-order valence-corrected chi connectivity index (χ1v) is 6.02. The van der Waals surface area contributed by atoms with E-state index in [1.165, 1.54) is 0 Å². The average molecular weight is 254 g/mol. The van der Waals surface area contributed by atoms with Crippen LogP contribution in [0.2, 0.25) is 5.02 Å². The quantitative estimate of drug-likeness (QED) is 0.912. The molecule has 0 saturated carbocycles. The van der Waals surface area contributed by atoms with Gasteiger partial charge in [0.25, 0.3) is 0 Å². The van der Waals surface area contributed by atoms with Gasteiger partial charge in [-0.3, -0.25) is 0 Å². The minimum atomic E-state index is 0.137. The lowest BCUT2D eigenvalue weighted by Gasteiger charge is -2.15. The SMILES string of the molecule is CCOCC(C)n1c(N)nc2c(Cl)cccc21. The van der Waals surface area contributed by atoms with Crippen molar-refractivity contribution in [2.75, 3.05) is 18.9 Å². The van der Waals surface area contributed by atoms with Gasteiger partial charge in [0.2, 0.25) is 5.95 Å². The smallest absolute Gasteiger partial charge is 0.201 e. The third-order valence-corrected chi connectivity index (χ3v) is 3.01. The summed E-state index contributed by atoms with van der Waals surface area (Å²) in [4.78, 5) is 4.30. The average Bonchev–Trinajstić information content (AvgIpc) is 2.64. The molecule has 2 N–H and O–H groups in total. The number of hydrogen-bond acceptors (Lipinski definition) is 3. The highest BCUT2D eigenvalue weighted by atomic mass is 35.5. The van der Waals surface area contributed by atoms with Crippen LogP contribution in [0.4, 0.5) is 5.95 Å². The highest BCUT2D eigenvalue weighted by Gasteiger charge is 2.15. The number of fused-ring (bicyclic) bond motifs is 1. The fourth-order valence-electron chi connectivity index (χ4n) is 1.93. The maximum absolute atomic E-state index is 6.09. The van der Waals surface area contributed by atoms with Crippen molar-refractivity contribution >= 4 is 28.6 Å². The molecular weight excluding hydrogens is 238 g/mol. The number of halogens is 1. The van der Waals surface area contributed by atoms with E-state index >= 15 is 0 Å². The Kier molecular flexibility index (Phi) is 3.54. The molecule has 17 heavy (non-hydrogen) atoms. The van der Waals surface area contributed by atoms with Crippen molar-refractivity contribution in [1.29, 1.82) is 0 Å². The van der Waals surface area contributed by atoms with Crippen molar-refractivity contribution in [3.63, 3.8) is 0 Å². The zero-order valence-corrected chi connectivity index (χ0v) is 10.7. The van der Waals surface area contributed by atoms with Gasteiger partial charge in [0.15, 0.2) is 0 Å². The maximum atomic E-state index is 6.09. The zero-order valence-electron chi connectivity index (χ0n) is 9.98. The molecule has 1 aromatic heterocycles. The summed E-state index contributed by atoms with van der Waals surface area (Å²) >= 11 is 6.09. The number of ether oxygens (including phenoxy) is 1. The van der Waals surface area contributed by atoms with Gasteiger partial charge in [-0.1, -0.05) is 17.7 Å². The summed E-state index contributed by atoms with van der Waals surface area (Å²) in [6.45, 7) is 5.32. The molecule has 0 aliphatic rings. The van der Waals surface area contributed by atoms with Gasteiger partial charge in [0.05, 0.1) is 23.2 Å². The van der Waals surface area contributed by atoms with E-state index in [4.69, 9.17) is 22.1 Å². The second-order valence-electron chi connectivity index (χ2n) is 3.96. The Morgan fingerprint density at radius 3 is 3.00 bits per heavy atom. The summed E-state index contributed by atoms with van der Waals surface area (Å²) < 4.78 is 7.37. The number of anilines is 1. The Morgan fingerprint density at radius 1 is 1.53 bits per heavy atom. The Balaban J connectivity index is 2.46. The van der Waals surface area contributed by atoms with E-state index in [1.807, 2.05) is 36.6 Å². The maximum Gasteiger partial charge on any atom is 0.201 e. The molecule has 2 rings (SSSR count). The van der Waals surface area contributed by atoms with E-state index in [2.05, 4.69) is 4.98 Å². The molecule has 0 saturated heterocycles. The second kappa shape index (κ2) is 4.94.